The molecule has 2 heterocycles. The molecule has 2 saturated heterocycles. The molecule has 0 atom stereocenters. The zero-order valence-electron chi connectivity index (χ0n) is 23.5. The first kappa shape index (κ1) is 35.4. The van der Waals surface area contributed by atoms with Crippen LogP contribution in [0.5, 0.6) is 0 Å². The minimum Gasteiger partial charge on any atom is -1.00 e. The maximum absolute atomic E-state index is 6.50. The third kappa shape index (κ3) is 16.8. The molecule has 0 unspecified atom stereocenters. The number of rotatable bonds is 22. The van der Waals surface area contributed by atoms with Crippen molar-refractivity contribution < 1.29 is 44.1 Å². The molecule has 4 nitrogen and oxygen atoms in total. The van der Waals surface area contributed by atoms with Gasteiger partial charge in [0.15, 0.2) is 0 Å². The van der Waals surface area contributed by atoms with Gasteiger partial charge in [-0.25, -0.2) is 0 Å². The van der Waals surface area contributed by atoms with Crippen LogP contribution in [-0.2, 0) is 9.47 Å². The number of nitrogens with one attached hydrogen (secondary N) is 2. The molecular weight excluding hydrogens is 479 g/mol. The molecule has 35 heavy (non-hydrogen) atoms. The second kappa shape index (κ2) is 23.5. The van der Waals surface area contributed by atoms with Crippen molar-refractivity contribution in [3.05, 3.63) is 0 Å². The Morgan fingerprint density at radius 3 is 1.57 bits per heavy atom. The quantitative estimate of drug-likeness (QED) is 0.157. The minimum absolute atomic E-state index is 0. The van der Waals surface area contributed by atoms with Gasteiger partial charge in [0.25, 0.3) is 0 Å². The van der Waals surface area contributed by atoms with Crippen molar-refractivity contribution in [2.24, 2.45) is 5.41 Å². The van der Waals surface area contributed by atoms with E-state index in [1.165, 1.54) is 142 Å². The van der Waals surface area contributed by atoms with E-state index >= 15 is 0 Å². The number of likely N-dealkylation sites (tertiary alicyclic amines) is 2. The van der Waals surface area contributed by atoms with Crippen molar-refractivity contribution >= 4 is 0 Å². The van der Waals surface area contributed by atoms with E-state index in [4.69, 9.17) is 9.47 Å². The molecule has 2 aliphatic heterocycles. The van der Waals surface area contributed by atoms with E-state index in [0.717, 1.165) is 26.4 Å². The van der Waals surface area contributed by atoms with Gasteiger partial charge in [-0.3, -0.25) is 0 Å². The molecular formula is C29H60Cl2N2O2. The molecule has 2 rings (SSSR count). The van der Waals surface area contributed by atoms with Crippen LogP contribution in [-0.4, -0.2) is 65.7 Å². The van der Waals surface area contributed by atoms with Crippen LogP contribution in [0.25, 0.3) is 0 Å². The van der Waals surface area contributed by atoms with Crippen LogP contribution >= 0.6 is 0 Å². The maximum atomic E-state index is 6.50. The molecule has 2 aliphatic rings. The van der Waals surface area contributed by atoms with Crippen molar-refractivity contribution in [2.45, 2.75) is 117 Å². The van der Waals surface area contributed by atoms with Crippen molar-refractivity contribution in [2.75, 3.05) is 65.7 Å². The van der Waals surface area contributed by atoms with E-state index in [9.17, 15) is 0 Å². The summed E-state index contributed by atoms with van der Waals surface area (Å²) >= 11 is 0. The third-order valence-corrected chi connectivity index (χ3v) is 8.06. The van der Waals surface area contributed by atoms with E-state index in [2.05, 4.69) is 13.8 Å². The molecule has 0 bridgehead atoms. The molecule has 6 heteroatoms. The number of ether oxygens (including phenoxy) is 2. The lowest BCUT2D eigenvalue weighted by Gasteiger charge is -2.36. The zero-order valence-corrected chi connectivity index (χ0v) is 25.0. The summed E-state index contributed by atoms with van der Waals surface area (Å²) in [5, 5.41) is 0. The summed E-state index contributed by atoms with van der Waals surface area (Å²) in [4.78, 5) is 3.72. The van der Waals surface area contributed by atoms with Crippen molar-refractivity contribution in [1.82, 2.24) is 0 Å². The molecule has 0 radical (unpaired) electrons. The monoisotopic (exact) mass is 538 g/mol. The first-order chi connectivity index (χ1) is 16.3. The Kier molecular flexibility index (Phi) is 23.8. The highest BCUT2D eigenvalue weighted by molar-refractivity contribution is 4.79. The van der Waals surface area contributed by atoms with Crippen LogP contribution in [0, 0.1) is 5.41 Å². The van der Waals surface area contributed by atoms with Crippen molar-refractivity contribution in [3.8, 4) is 0 Å². The Bertz CT molecular complexity index is 404. The van der Waals surface area contributed by atoms with Gasteiger partial charge in [0, 0.05) is 45.5 Å². The summed E-state index contributed by atoms with van der Waals surface area (Å²) in [5.41, 5.74) is 0.380. The van der Waals surface area contributed by atoms with Crippen molar-refractivity contribution in [3.63, 3.8) is 0 Å². The van der Waals surface area contributed by atoms with Gasteiger partial charge in [0.1, 0.15) is 0 Å². The molecule has 2 N–H and O–H groups in total. The summed E-state index contributed by atoms with van der Waals surface area (Å²) in [7, 11) is 0. The Labute approximate surface area is 231 Å². The second-order valence-corrected chi connectivity index (χ2v) is 11.4. The van der Waals surface area contributed by atoms with Gasteiger partial charge in [0.2, 0.25) is 0 Å². The number of halogens is 2. The lowest BCUT2D eigenvalue weighted by Crippen LogP contribution is -3.15. The van der Waals surface area contributed by atoms with E-state index in [-0.39, 0.29) is 24.8 Å². The summed E-state index contributed by atoms with van der Waals surface area (Å²) < 4.78 is 12.3. The standard InChI is InChI=1S/C29H58N2O2.2ClH/c1-3-5-7-8-9-16-25-33-28-29(26-30-19-12-13-20-30,27-31-21-14-15-22-31)18-11-10-17-24-32-23-6-4-2;;/h3-28H2,1-2H3;2*1H. The number of quaternary nitrogens is 2. The second-order valence-electron chi connectivity index (χ2n) is 11.4. The Hall–Kier alpha value is 0.420. The Morgan fingerprint density at radius 1 is 0.543 bits per heavy atom. The Balaban J connectivity index is 0.00000578. The Morgan fingerprint density at radius 2 is 1.00 bits per heavy atom. The van der Waals surface area contributed by atoms with E-state index in [1.807, 2.05) is 9.80 Å². The van der Waals surface area contributed by atoms with Crippen LogP contribution in [0.4, 0.5) is 0 Å². The van der Waals surface area contributed by atoms with Gasteiger partial charge in [-0.05, 0) is 25.7 Å². The molecule has 2 fully saturated rings. The fourth-order valence-corrected chi connectivity index (χ4v) is 6.08. The van der Waals surface area contributed by atoms with Crippen molar-refractivity contribution in [1.29, 1.82) is 0 Å². The summed E-state index contributed by atoms with van der Waals surface area (Å²) in [6.45, 7) is 16.7. The van der Waals surface area contributed by atoms with E-state index < -0.39 is 0 Å². The van der Waals surface area contributed by atoms with Gasteiger partial charge < -0.3 is 44.1 Å². The van der Waals surface area contributed by atoms with Crippen LogP contribution in [0.1, 0.15) is 117 Å². The average Bonchev–Trinajstić information content (AvgIpc) is 3.52. The molecule has 0 amide bonds. The molecule has 0 aromatic rings. The predicted molar refractivity (Wildman–Crippen MR) is 140 cm³/mol. The SMILES string of the molecule is CCCCCCCCOCC(CCCCCOCCCC)(C[NH+]1CCCC1)C[NH+]1CCCC1.[Cl-].[Cl-]. The number of hydrogen-bond acceptors (Lipinski definition) is 2. The molecule has 0 saturated carbocycles. The first-order valence-electron chi connectivity index (χ1n) is 15.1. The highest BCUT2D eigenvalue weighted by Crippen LogP contribution is 2.24. The van der Waals surface area contributed by atoms with Crippen LogP contribution < -0.4 is 34.6 Å². The average molecular weight is 540 g/mol. The molecule has 0 aliphatic carbocycles. The van der Waals surface area contributed by atoms with Crippen LogP contribution in [0.15, 0.2) is 0 Å². The van der Waals surface area contributed by atoms with E-state index in [0.29, 0.717) is 5.41 Å². The summed E-state index contributed by atoms with van der Waals surface area (Å²) in [6.07, 6.45) is 21.5. The van der Waals surface area contributed by atoms with Crippen LogP contribution in [0.3, 0.4) is 0 Å². The number of unbranched alkanes of at least 4 members (excludes halogenated alkanes) is 8. The predicted octanol–water partition coefficient (Wildman–Crippen LogP) is -1.91. The van der Waals surface area contributed by atoms with Crippen LogP contribution in [0.2, 0.25) is 0 Å². The normalized spacial score (nSPS) is 17.0. The number of hydrogen-bond donors (Lipinski definition) is 2. The topological polar surface area (TPSA) is 27.3 Å². The molecule has 0 aromatic heterocycles. The highest BCUT2D eigenvalue weighted by Gasteiger charge is 2.40. The largest absolute Gasteiger partial charge is 1.00 e. The van der Waals surface area contributed by atoms with Gasteiger partial charge in [-0.1, -0.05) is 65.2 Å². The smallest absolute Gasteiger partial charge is 0.0914 e. The van der Waals surface area contributed by atoms with Gasteiger partial charge in [0.05, 0.1) is 51.3 Å². The minimum atomic E-state index is 0. The first-order valence-corrected chi connectivity index (χ1v) is 15.1. The fourth-order valence-electron chi connectivity index (χ4n) is 6.08. The summed E-state index contributed by atoms with van der Waals surface area (Å²) in [6, 6.07) is 0. The van der Waals surface area contributed by atoms with Gasteiger partial charge >= 0.3 is 0 Å². The molecule has 212 valence electrons. The van der Waals surface area contributed by atoms with Gasteiger partial charge in [-0.15, -0.1) is 0 Å². The zero-order chi connectivity index (χ0) is 23.5. The van der Waals surface area contributed by atoms with E-state index in [1.54, 1.807) is 0 Å². The molecule has 0 spiro atoms. The maximum Gasteiger partial charge on any atom is 0.0914 e. The third-order valence-electron chi connectivity index (χ3n) is 8.06. The molecule has 0 aromatic carbocycles. The fraction of sp³-hybridized carbons (Fsp3) is 1.00. The summed E-state index contributed by atoms with van der Waals surface area (Å²) in [5.74, 6) is 0. The highest BCUT2D eigenvalue weighted by atomic mass is 35.5. The lowest BCUT2D eigenvalue weighted by molar-refractivity contribution is -0.920. The lowest BCUT2D eigenvalue weighted by atomic mass is 9.81. The van der Waals surface area contributed by atoms with Gasteiger partial charge in [-0.2, -0.15) is 0 Å².